The van der Waals surface area contributed by atoms with Crippen LogP contribution in [0.3, 0.4) is 0 Å². The third kappa shape index (κ3) is 6.04. The van der Waals surface area contributed by atoms with E-state index in [0.717, 1.165) is 16.5 Å². The number of carbonyl (C=O) groups excluding carboxylic acids is 3. The van der Waals surface area contributed by atoms with Crippen LogP contribution < -0.4 is 10.0 Å². The molecule has 1 aromatic heterocycles. The number of aromatic nitrogens is 1. The van der Waals surface area contributed by atoms with E-state index in [2.05, 4.69) is 15.0 Å². The minimum Gasteiger partial charge on any atom is -0.351 e. The number of para-hydroxylation sites is 1. The Balaban J connectivity index is 1.23. The van der Waals surface area contributed by atoms with Gasteiger partial charge in [0.25, 0.3) is 5.91 Å². The van der Waals surface area contributed by atoms with Gasteiger partial charge in [-0.15, -0.1) is 0 Å². The molecule has 0 radical (unpaired) electrons. The van der Waals surface area contributed by atoms with Crippen LogP contribution in [0.15, 0.2) is 53.4 Å². The van der Waals surface area contributed by atoms with Crippen molar-refractivity contribution in [3.63, 3.8) is 0 Å². The summed E-state index contributed by atoms with van der Waals surface area (Å²) in [7, 11) is -4.02. The van der Waals surface area contributed by atoms with Gasteiger partial charge in [-0.3, -0.25) is 14.4 Å². The van der Waals surface area contributed by atoms with Gasteiger partial charge in [-0.2, -0.15) is 4.72 Å². The first kappa shape index (κ1) is 30.1. The zero-order valence-electron chi connectivity index (χ0n) is 24.1. The summed E-state index contributed by atoms with van der Waals surface area (Å²) in [6.45, 7) is 7.94. The van der Waals surface area contributed by atoms with Gasteiger partial charge in [0.05, 0.1) is 23.1 Å². The van der Waals surface area contributed by atoms with E-state index in [-0.39, 0.29) is 45.6 Å². The van der Waals surface area contributed by atoms with E-state index < -0.39 is 22.1 Å². The van der Waals surface area contributed by atoms with Crippen molar-refractivity contribution in [1.82, 2.24) is 24.8 Å². The highest BCUT2D eigenvalue weighted by Crippen LogP contribution is 2.32. The van der Waals surface area contributed by atoms with Crippen LogP contribution in [0, 0.1) is 12.8 Å². The third-order valence-corrected chi connectivity index (χ3v) is 9.99. The Morgan fingerprint density at radius 3 is 2.29 bits per heavy atom. The van der Waals surface area contributed by atoms with Crippen LogP contribution in [0.4, 0.5) is 0 Å². The van der Waals surface area contributed by atoms with Gasteiger partial charge in [0.15, 0.2) is 0 Å². The molecule has 2 aliphatic heterocycles. The van der Waals surface area contributed by atoms with Gasteiger partial charge < -0.3 is 20.1 Å². The summed E-state index contributed by atoms with van der Waals surface area (Å²) in [5, 5.41) is 3.93. The smallest absolute Gasteiger partial charge is 0.268 e. The normalized spacial score (nSPS) is 19.9. The van der Waals surface area contributed by atoms with Crippen LogP contribution in [0.25, 0.3) is 10.9 Å². The molecule has 42 heavy (non-hydrogen) atoms. The van der Waals surface area contributed by atoms with Gasteiger partial charge in [0.1, 0.15) is 16.6 Å². The van der Waals surface area contributed by atoms with Crippen LogP contribution in [0.1, 0.15) is 49.7 Å². The number of aromatic amines is 1. The predicted octanol–water partition coefficient (Wildman–Crippen LogP) is 3.45. The lowest BCUT2D eigenvalue weighted by Crippen LogP contribution is -2.58. The van der Waals surface area contributed by atoms with Gasteiger partial charge in [-0.25, -0.2) is 8.42 Å². The van der Waals surface area contributed by atoms with Crippen molar-refractivity contribution in [2.75, 3.05) is 13.1 Å². The van der Waals surface area contributed by atoms with E-state index in [1.165, 1.54) is 13.0 Å². The minimum absolute atomic E-state index is 0.0835. The molecule has 0 aliphatic carbocycles. The van der Waals surface area contributed by atoms with Crippen LogP contribution >= 0.6 is 11.6 Å². The molecule has 12 heteroatoms. The van der Waals surface area contributed by atoms with Crippen LogP contribution in [0.5, 0.6) is 0 Å². The van der Waals surface area contributed by atoms with Crippen molar-refractivity contribution in [2.45, 2.75) is 69.6 Å². The number of sulfonamides is 1. The lowest BCUT2D eigenvalue weighted by molar-refractivity contribution is -0.141. The monoisotopic (exact) mass is 613 g/mol. The Bertz CT molecular complexity index is 1600. The molecule has 0 saturated carbocycles. The number of hydrogen-bond donors (Lipinski definition) is 3. The number of rotatable bonds is 9. The Hall–Kier alpha value is -3.41. The van der Waals surface area contributed by atoms with Gasteiger partial charge in [-0.1, -0.05) is 49.7 Å². The molecule has 5 rings (SSSR count). The molecule has 224 valence electrons. The molecule has 3 N–H and O–H groups in total. The number of fused-ring (bicyclic) bond motifs is 3. The number of likely N-dealkylation sites (tertiary alicyclic amines) is 2. The Labute approximate surface area is 250 Å². The lowest BCUT2D eigenvalue weighted by Gasteiger charge is -2.37. The molecule has 2 saturated heterocycles. The van der Waals surface area contributed by atoms with Crippen molar-refractivity contribution in [3.05, 3.63) is 64.8 Å². The summed E-state index contributed by atoms with van der Waals surface area (Å²) in [4.78, 5) is 46.6. The molecular weight excluding hydrogens is 578 g/mol. The lowest BCUT2D eigenvalue weighted by atomic mass is 10.0. The second kappa shape index (κ2) is 11.7. The van der Waals surface area contributed by atoms with Crippen molar-refractivity contribution < 1.29 is 22.8 Å². The minimum atomic E-state index is -4.02. The van der Waals surface area contributed by atoms with E-state index in [4.69, 9.17) is 11.6 Å². The number of aryl methyl sites for hydroxylation is 1. The summed E-state index contributed by atoms with van der Waals surface area (Å²) in [6, 6.07) is 11.8. The van der Waals surface area contributed by atoms with Crippen molar-refractivity contribution in [1.29, 1.82) is 0 Å². The topological polar surface area (TPSA) is 132 Å². The fourth-order valence-electron chi connectivity index (χ4n) is 5.95. The fraction of sp³-hybridized carbons (Fsp3) is 0.433. The molecule has 0 unspecified atom stereocenters. The fourth-order valence-corrected chi connectivity index (χ4v) is 7.75. The Morgan fingerprint density at radius 2 is 1.67 bits per heavy atom. The first-order valence-electron chi connectivity index (χ1n) is 14.1. The number of nitrogens with one attached hydrogen (secondary N) is 3. The highest BCUT2D eigenvalue weighted by atomic mass is 35.5. The Morgan fingerprint density at radius 1 is 1.00 bits per heavy atom. The van der Waals surface area contributed by atoms with Gasteiger partial charge >= 0.3 is 0 Å². The predicted molar refractivity (Wildman–Crippen MR) is 161 cm³/mol. The van der Waals surface area contributed by atoms with Crippen LogP contribution in [-0.2, 0) is 19.6 Å². The number of carbonyl (C=O) groups is 3. The Kier molecular flexibility index (Phi) is 8.37. The summed E-state index contributed by atoms with van der Waals surface area (Å²) in [5.74, 6) is -0.709. The summed E-state index contributed by atoms with van der Waals surface area (Å²) in [6.07, 6.45) is 1.08. The molecule has 2 fully saturated rings. The molecule has 4 atom stereocenters. The van der Waals surface area contributed by atoms with Gasteiger partial charge in [0.2, 0.25) is 21.8 Å². The van der Waals surface area contributed by atoms with Gasteiger partial charge in [-0.05, 0) is 62.4 Å². The zero-order valence-corrected chi connectivity index (χ0v) is 25.6. The van der Waals surface area contributed by atoms with E-state index in [1.807, 2.05) is 38.1 Å². The average Bonchev–Trinajstić information content (AvgIpc) is 3.65. The number of piperazine rings is 1. The average molecular weight is 614 g/mol. The zero-order chi connectivity index (χ0) is 30.3. The SMILES string of the molecule is Cc1ccc(S(=O)(=O)N[C@@H](C)C(=O)N2C[C@@H]3C[C@H]2CN3C(=O)[C@H](CC(C)C)NC(=O)c2cc3ccccc3[nH]2)c(Cl)c1. The number of H-pyrrole nitrogens is 1. The number of hydrogen-bond acceptors (Lipinski definition) is 5. The highest BCUT2D eigenvalue weighted by Gasteiger charge is 2.49. The number of nitrogens with zero attached hydrogens (tertiary/aromatic N) is 2. The highest BCUT2D eigenvalue weighted by molar-refractivity contribution is 7.89. The van der Waals surface area contributed by atoms with Crippen LogP contribution in [-0.4, -0.2) is 78.2 Å². The number of halogens is 1. The van der Waals surface area contributed by atoms with E-state index >= 15 is 0 Å². The van der Waals surface area contributed by atoms with E-state index in [1.54, 1.807) is 34.9 Å². The molecule has 3 heterocycles. The first-order valence-corrected chi connectivity index (χ1v) is 16.0. The molecule has 0 spiro atoms. The maximum atomic E-state index is 13.7. The molecule has 2 aliphatic rings. The van der Waals surface area contributed by atoms with Crippen molar-refractivity contribution >= 4 is 50.2 Å². The van der Waals surface area contributed by atoms with E-state index in [9.17, 15) is 22.8 Å². The largest absolute Gasteiger partial charge is 0.351 e. The van der Waals surface area contributed by atoms with Gasteiger partial charge in [0, 0.05) is 24.0 Å². The second-order valence-electron chi connectivity index (χ2n) is 11.7. The maximum Gasteiger partial charge on any atom is 0.268 e. The first-order chi connectivity index (χ1) is 19.8. The second-order valence-corrected chi connectivity index (χ2v) is 13.8. The van der Waals surface area contributed by atoms with E-state index in [0.29, 0.717) is 31.6 Å². The van der Waals surface area contributed by atoms with Crippen molar-refractivity contribution in [3.8, 4) is 0 Å². The maximum absolute atomic E-state index is 13.7. The standard InChI is InChI=1S/C30H36ClN5O5S/c1-17(2)11-26(33-28(37)25-13-20-7-5-6-8-24(20)32-25)30(39)36-16-21-14-22(36)15-35(21)29(38)19(4)34-42(40,41)27-10-9-18(3)12-23(27)31/h5-10,12-13,17,19,21-22,26,32,34H,11,14-16H2,1-4H3,(H,33,37)/t19-,21-,22-,26-/m0/s1. The molecule has 10 nitrogen and oxygen atoms in total. The molecule has 3 aromatic rings. The number of benzene rings is 2. The van der Waals surface area contributed by atoms with Crippen molar-refractivity contribution in [2.24, 2.45) is 5.92 Å². The summed E-state index contributed by atoms with van der Waals surface area (Å²) in [5.41, 5.74) is 2.05. The number of amides is 3. The summed E-state index contributed by atoms with van der Waals surface area (Å²) < 4.78 is 28.3. The third-order valence-electron chi connectivity index (χ3n) is 7.97. The summed E-state index contributed by atoms with van der Waals surface area (Å²) >= 11 is 6.16. The van der Waals surface area contributed by atoms with Crippen LogP contribution in [0.2, 0.25) is 5.02 Å². The molecule has 3 amide bonds. The molecule has 2 bridgehead atoms. The molecular formula is C30H36ClN5O5S. The molecule has 2 aromatic carbocycles. The quantitative estimate of drug-likeness (QED) is 0.340.